The lowest BCUT2D eigenvalue weighted by Crippen LogP contribution is -2.11. The Balaban J connectivity index is 1.53. The van der Waals surface area contributed by atoms with Crippen LogP contribution < -0.4 is 0 Å². The molecular formula is C17H16O5. The fraction of sp³-hybridized carbons (Fsp3) is 0.412. The first-order valence-corrected chi connectivity index (χ1v) is 7.48. The summed E-state index contributed by atoms with van der Waals surface area (Å²) in [6.45, 7) is 1.80. The Morgan fingerprint density at radius 3 is 2.82 bits per heavy atom. The zero-order valence-electron chi connectivity index (χ0n) is 12.2. The summed E-state index contributed by atoms with van der Waals surface area (Å²) in [6, 6.07) is 7.99. The first-order valence-electron chi connectivity index (χ1n) is 7.48. The summed E-state index contributed by atoms with van der Waals surface area (Å²) in [4.78, 5) is 23.4. The number of hydrogen-bond acceptors (Lipinski definition) is 5. The second-order valence-corrected chi connectivity index (χ2v) is 6.05. The molecule has 2 aliphatic heterocycles. The van der Waals surface area contributed by atoms with Gasteiger partial charge in [-0.1, -0.05) is 31.2 Å². The van der Waals surface area contributed by atoms with Crippen LogP contribution in [0, 0.1) is 11.8 Å². The Bertz CT molecular complexity index is 677. The van der Waals surface area contributed by atoms with Crippen molar-refractivity contribution in [1.82, 2.24) is 0 Å². The summed E-state index contributed by atoms with van der Waals surface area (Å²) < 4.78 is 16.1. The highest BCUT2D eigenvalue weighted by atomic mass is 16.7. The van der Waals surface area contributed by atoms with Crippen molar-refractivity contribution in [2.75, 3.05) is 0 Å². The maximum absolute atomic E-state index is 12.1. The number of cyclic esters (lactones) is 1. The minimum Gasteiger partial charge on any atom is -0.462 e. The standard InChI is InChI=1S/C17H16O5/c1-9-6-14(21-16(9)18)20-8-13-12-7-10-4-2-3-5-11(10)15(12)22-17(13)19/h2-5,8-9,12,14-15H,6-7H2,1H3/b13-8+/t9?,12-,14+,15-/m0/s1. The van der Waals surface area contributed by atoms with E-state index in [1.165, 1.54) is 11.8 Å². The number of rotatable bonds is 2. The van der Waals surface area contributed by atoms with Crippen molar-refractivity contribution in [2.24, 2.45) is 11.8 Å². The highest BCUT2D eigenvalue weighted by molar-refractivity contribution is 5.92. The molecule has 114 valence electrons. The third kappa shape index (κ3) is 2.00. The first kappa shape index (κ1) is 13.4. The molecule has 2 heterocycles. The lowest BCUT2D eigenvalue weighted by atomic mass is 9.98. The predicted molar refractivity (Wildman–Crippen MR) is 75.3 cm³/mol. The SMILES string of the molecule is CC1C[C@H](O/C=C2/C(=O)O[C@H]3c4ccccc4C[C@@H]23)OC1=O. The molecular weight excluding hydrogens is 284 g/mol. The zero-order valence-corrected chi connectivity index (χ0v) is 12.2. The van der Waals surface area contributed by atoms with Crippen molar-refractivity contribution < 1.29 is 23.8 Å². The smallest absolute Gasteiger partial charge is 0.338 e. The molecule has 4 rings (SSSR count). The maximum atomic E-state index is 12.1. The molecule has 0 N–H and O–H groups in total. The molecule has 2 saturated heterocycles. The van der Waals surface area contributed by atoms with E-state index in [-0.39, 0.29) is 29.9 Å². The topological polar surface area (TPSA) is 61.8 Å². The normalized spacial score (nSPS) is 34.3. The molecule has 1 unspecified atom stereocenters. The summed E-state index contributed by atoms with van der Waals surface area (Å²) in [6.07, 6.45) is 1.87. The maximum Gasteiger partial charge on any atom is 0.338 e. The Morgan fingerprint density at radius 1 is 1.23 bits per heavy atom. The molecule has 0 aromatic heterocycles. The van der Waals surface area contributed by atoms with E-state index in [1.807, 2.05) is 18.2 Å². The third-order valence-electron chi connectivity index (χ3n) is 4.58. The van der Waals surface area contributed by atoms with Crippen molar-refractivity contribution >= 4 is 11.9 Å². The second kappa shape index (κ2) is 4.87. The van der Waals surface area contributed by atoms with Gasteiger partial charge in [-0.25, -0.2) is 4.79 Å². The Labute approximate surface area is 127 Å². The van der Waals surface area contributed by atoms with Gasteiger partial charge in [-0.15, -0.1) is 0 Å². The molecule has 0 amide bonds. The summed E-state index contributed by atoms with van der Waals surface area (Å²) in [7, 11) is 0. The highest BCUT2D eigenvalue weighted by Gasteiger charge is 2.46. The van der Waals surface area contributed by atoms with Crippen LogP contribution in [0.3, 0.4) is 0 Å². The van der Waals surface area contributed by atoms with Crippen LogP contribution in [0.4, 0.5) is 0 Å². The summed E-state index contributed by atoms with van der Waals surface area (Å²) >= 11 is 0. The Morgan fingerprint density at radius 2 is 2.05 bits per heavy atom. The fourth-order valence-corrected chi connectivity index (χ4v) is 3.36. The molecule has 3 aliphatic rings. The van der Waals surface area contributed by atoms with Crippen molar-refractivity contribution in [3.05, 3.63) is 47.2 Å². The minimum absolute atomic E-state index is 0.0144. The average molecular weight is 300 g/mol. The number of carbonyl (C=O) groups is 2. The van der Waals surface area contributed by atoms with E-state index < -0.39 is 6.29 Å². The van der Waals surface area contributed by atoms with Crippen LogP contribution in [0.1, 0.15) is 30.6 Å². The summed E-state index contributed by atoms with van der Waals surface area (Å²) in [5.41, 5.74) is 2.80. The number of carbonyl (C=O) groups excluding carboxylic acids is 2. The van der Waals surface area contributed by atoms with E-state index >= 15 is 0 Å². The number of hydrogen-bond donors (Lipinski definition) is 0. The van der Waals surface area contributed by atoms with Crippen LogP contribution >= 0.6 is 0 Å². The predicted octanol–water partition coefficient (Wildman–Crippen LogP) is 2.27. The number of esters is 2. The van der Waals surface area contributed by atoms with Crippen LogP contribution in [0.25, 0.3) is 0 Å². The summed E-state index contributed by atoms with van der Waals surface area (Å²) in [5, 5.41) is 0. The Hall–Kier alpha value is -2.30. The highest BCUT2D eigenvalue weighted by Crippen LogP contribution is 2.47. The number of ether oxygens (including phenoxy) is 3. The number of fused-ring (bicyclic) bond motifs is 3. The van der Waals surface area contributed by atoms with Crippen molar-refractivity contribution in [1.29, 1.82) is 0 Å². The second-order valence-electron chi connectivity index (χ2n) is 6.05. The lowest BCUT2D eigenvalue weighted by Gasteiger charge is -2.10. The third-order valence-corrected chi connectivity index (χ3v) is 4.58. The van der Waals surface area contributed by atoms with Crippen LogP contribution in [0.2, 0.25) is 0 Å². The largest absolute Gasteiger partial charge is 0.462 e. The molecule has 0 bridgehead atoms. The van der Waals surface area contributed by atoms with Gasteiger partial charge in [0.25, 0.3) is 0 Å². The molecule has 4 atom stereocenters. The molecule has 2 fully saturated rings. The van der Waals surface area contributed by atoms with Gasteiger partial charge >= 0.3 is 11.9 Å². The first-order chi connectivity index (χ1) is 10.6. The zero-order chi connectivity index (χ0) is 15.3. The Kier molecular flexibility index (Phi) is 2.96. The van der Waals surface area contributed by atoms with Crippen LogP contribution in [-0.2, 0) is 30.2 Å². The van der Waals surface area contributed by atoms with Crippen LogP contribution in [0.15, 0.2) is 36.1 Å². The van der Waals surface area contributed by atoms with Crippen molar-refractivity contribution in [3.8, 4) is 0 Å². The quantitative estimate of drug-likeness (QED) is 0.476. The van der Waals surface area contributed by atoms with Crippen molar-refractivity contribution in [3.63, 3.8) is 0 Å². The van der Waals surface area contributed by atoms with Gasteiger partial charge in [0.2, 0.25) is 6.29 Å². The molecule has 0 saturated carbocycles. The summed E-state index contributed by atoms with van der Waals surface area (Å²) in [5.74, 6) is -0.785. The van der Waals surface area contributed by atoms with Gasteiger partial charge in [-0.3, -0.25) is 4.79 Å². The van der Waals surface area contributed by atoms with Gasteiger partial charge in [0.1, 0.15) is 6.10 Å². The van der Waals surface area contributed by atoms with Gasteiger partial charge in [0.15, 0.2) is 0 Å². The molecule has 5 nitrogen and oxygen atoms in total. The molecule has 1 aromatic carbocycles. The van der Waals surface area contributed by atoms with E-state index in [4.69, 9.17) is 14.2 Å². The van der Waals surface area contributed by atoms with Gasteiger partial charge in [0.05, 0.1) is 17.8 Å². The van der Waals surface area contributed by atoms with E-state index in [2.05, 4.69) is 6.07 Å². The fourth-order valence-electron chi connectivity index (χ4n) is 3.36. The molecule has 1 aliphatic carbocycles. The molecule has 1 aromatic rings. The van der Waals surface area contributed by atoms with E-state index in [0.717, 1.165) is 12.0 Å². The van der Waals surface area contributed by atoms with Gasteiger partial charge in [-0.2, -0.15) is 0 Å². The van der Waals surface area contributed by atoms with Crippen molar-refractivity contribution in [2.45, 2.75) is 32.2 Å². The molecule has 22 heavy (non-hydrogen) atoms. The average Bonchev–Trinajstić information content (AvgIpc) is 3.10. The van der Waals surface area contributed by atoms with Crippen LogP contribution in [0.5, 0.6) is 0 Å². The monoisotopic (exact) mass is 300 g/mol. The van der Waals surface area contributed by atoms with Crippen LogP contribution in [-0.4, -0.2) is 18.2 Å². The van der Waals surface area contributed by atoms with E-state index in [0.29, 0.717) is 12.0 Å². The van der Waals surface area contributed by atoms with E-state index in [9.17, 15) is 9.59 Å². The van der Waals surface area contributed by atoms with Gasteiger partial charge in [-0.05, 0) is 17.5 Å². The van der Waals surface area contributed by atoms with Gasteiger partial charge < -0.3 is 14.2 Å². The lowest BCUT2D eigenvalue weighted by molar-refractivity contribution is -0.156. The molecule has 0 spiro atoms. The molecule has 5 heteroatoms. The van der Waals surface area contributed by atoms with Gasteiger partial charge in [0, 0.05) is 12.3 Å². The number of benzene rings is 1. The minimum atomic E-state index is -0.606. The van der Waals surface area contributed by atoms with E-state index in [1.54, 1.807) is 6.92 Å². The molecule has 0 radical (unpaired) electrons.